The van der Waals surface area contributed by atoms with Gasteiger partial charge in [0.15, 0.2) is 0 Å². The molecule has 0 fully saturated rings. The Kier molecular flexibility index (Phi) is 5.85. The Bertz CT molecular complexity index is 415. The monoisotopic (exact) mass is 290 g/mol. The predicted octanol–water partition coefficient (Wildman–Crippen LogP) is 2.69. The number of esters is 1. The minimum Gasteiger partial charge on any atom is -0.469 e. The highest BCUT2D eigenvalue weighted by atomic mass is 35.5. The van der Waals surface area contributed by atoms with E-state index in [9.17, 15) is 4.79 Å². The summed E-state index contributed by atoms with van der Waals surface area (Å²) < 4.78 is 4.58. The zero-order chi connectivity index (χ0) is 13.7. The molecular weight excluding hydrogens is 275 g/mol. The number of carbonyl (C=O) groups excluding carboxylic acids is 1. The van der Waals surface area contributed by atoms with Gasteiger partial charge in [-0.05, 0) is 20.0 Å². The third-order valence-electron chi connectivity index (χ3n) is 2.50. The van der Waals surface area contributed by atoms with Crippen molar-refractivity contribution in [2.24, 2.45) is 0 Å². The van der Waals surface area contributed by atoms with Crippen LogP contribution >= 0.6 is 23.2 Å². The smallest absolute Gasteiger partial charge is 0.306 e. The van der Waals surface area contributed by atoms with Gasteiger partial charge in [0.05, 0.1) is 13.5 Å². The number of aryl methyl sites for hydroxylation is 1. The SMILES string of the molecule is COC(=O)CCN(C)Cc1c(Cl)cc(C)nc1Cl. The van der Waals surface area contributed by atoms with Crippen LogP contribution in [0.3, 0.4) is 0 Å². The average molecular weight is 291 g/mol. The summed E-state index contributed by atoms with van der Waals surface area (Å²) in [5, 5.41) is 1.00. The van der Waals surface area contributed by atoms with Gasteiger partial charge in [0.2, 0.25) is 0 Å². The zero-order valence-electron chi connectivity index (χ0n) is 10.7. The third-order valence-corrected chi connectivity index (χ3v) is 3.15. The van der Waals surface area contributed by atoms with Crippen molar-refractivity contribution >= 4 is 29.2 Å². The molecule has 0 aliphatic heterocycles. The minimum atomic E-state index is -0.235. The Hall–Kier alpha value is -0.840. The van der Waals surface area contributed by atoms with Crippen molar-refractivity contribution in [2.75, 3.05) is 20.7 Å². The number of nitrogens with zero attached hydrogens (tertiary/aromatic N) is 2. The van der Waals surface area contributed by atoms with Crippen molar-refractivity contribution in [3.63, 3.8) is 0 Å². The highest BCUT2D eigenvalue weighted by molar-refractivity contribution is 6.35. The number of hydrogen-bond donors (Lipinski definition) is 0. The fourth-order valence-corrected chi connectivity index (χ4v) is 2.15. The summed E-state index contributed by atoms with van der Waals surface area (Å²) >= 11 is 12.2. The molecule has 4 nitrogen and oxygen atoms in total. The van der Waals surface area contributed by atoms with Gasteiger partial charge in [-0.25, -0.2) is 4.98 Å². The van der Waals surface area contributed by atoms with Gasteiger partial charge in [0.25, 0.3) is 0 Å². The molecule has 0 aliphatic rings. The lowest BCUT2D eigenvalue weighted by molar-refractivity contribution is -0.140. The third kappa shape index (κ3) is 4.44. The van der Waals surface area contributed by atoms with Crippen molar-refractivity contribution in [1.29, 1.82) is 0 Å². The van der Waals surface area contributed by atoms with E-state index in [-0.39, 0.29) is 5.97 Å². The van der Waals surface area contributed by atoms with Crippen LogP contribution in [-0.4, -0.2) is 36.6 Å². The lowest BCUT2D eigenvalue weighted by Crippen LogP contribution is -2.22. The second kappa shape index (κ2) is 6.92. The van der Waals surface area contributed by atoms with Crippen LogP contribution in [0.5, 0.6) is 0 Å². The number of rotatable bonds is 5. The van der Waals surface area contributed by atoms with Gasteiger partial charge in [-0.3, -0.25) is 4.79 Å². The lowest BCUT2D eigenvalue weighted by Gasteiger charge is -2.17. The molecule has 0 spiro atoms. The standard InChI is InChI=1S/C12H16Cl2N2O2/c1-8-6-10(13)9(12(14)15-8)7-16(2)5-4-11(17)18-3/h6H,4-5,7H2,1-3H3. The first-order valence-electron chi connectivity index (χ1n) is 5.51. The molecule has 0 N–H and O–H groups in total. The van der Waals surface area contributed by atoms with Gasteiger partial charge in [0, 0.05) is 29.4 Å². The maximum absolute atomic E-state index is 11.0. The lowest BCUT2D eigenvalue weighted by atomic mass is 10.2. The highest BCUT2D eigenvalue weighted by Crippen LogP contribution is 2.24. The predicted molar refractivity (Wildman–Crippen MR) is 72.0 cm³/mol. The summed E-state index contributed by atoms with van der Waals surface area (Å²) in [5.41, 5.74) is 1.56. The van der Waals surface area contributed by atoms with E-state index in [0.717, 1.165) is 11.3 Å². The number of hydrogen-bond acceptors (Lipinski definition) is 4. The topological polar surface area (TPSA) is 42.4 Å². The van der Waals surface area contributed by atoms with Crippen LogP contribution in [0, 0.1) is 6.92 Å². The van der Waals surface area contributed by atoms with Crippen LogP contribution in [-0.2, 0) is 16.1 Å². The molecule has 0 aromatic carbocycles. The van der Waals surface area contributed by atoms with Gasteiger partial charge in [-0.2, -0.15) is 0 Å². The van der Waals surface area contributed by atoms with E-state index < -0.39 is 0 Å². The van der Waals surface area contributed by atoms with E-state index >= 15 is 0 Å². The fraction of sp³-hybridized carbons (Fsp3) is 0.500. The molecule has 1 heterocycles. The van der Waals surface area contributed by atoms with Crippen LogP contribution in [0.4, 0.5) is 0 Å². The molecule has 0 atom stereocenters. The van der Waals surface area contributed by atoms with E-state index in [0.29, 0.717) is 29.7 Å². The van der Waals surface area contributed by atoms with Crippen LogP contribution in [0.2, 0.25) is 10.2 Å². The largest absolute Gasteiger partial charge is 0.469 e. The summed E-state index contributed by atoms with van der Waals surface area (Å²) in [7, 11) is 3.26. The normalized spacial score (nSPS) is 10.8. The van der Waals surface area contributed by atoms with Crippen LogP contribution < -0.4 is 0 Å². The summed E-state index contributed by atoms with van der Waals surface area (Å²) in [5.74, 6) is -0.235. The second-order valence-electron chi connectivity index (χ2n) is 4.08. The van der Waals surface area contributed by atoms with E-state index in [4.69, 9.17) is 23.2 Å². The van der Waals surface area contributed by atoms with Gasteiger partial charge < -0.3 is 9.64 Å². The van der Waals surface area contributed by atoms with Crippen LogP contribution in [0.1, 0.15) is 17.7 Å². The number of ether oxygens (including phenoxy) is 1. The van der Waals surface area contributed by atoms with E-state index in [1.54, 1.807) is 6.07 Å². The van der Waals surface area contributed by atoms with E-state index in [1.807, 2.05) is 18.9 Å². The number of carbonyl (C=O) groups is 1. The van der Waals surface area contributed by atoms with Gasteiger partial charge in [-0.1, -0.05) is 23.2 Å². The molecule has 0 unspecified atom stereocenters. The summed E-state index contributed by atoms with van der Waals surface area (Å²) in [6.07, 6.45) is 0.335. The quantitative estimate of drug-likeness (QED) is 0.618. The Balaban J connectivity index is 2.64. The second-order valence-corrected chi connectivity index (χ2v) is 4.84. The van der Waals surface area contributed by atoms with E-state index in [1.165, 1.54) is 7.11 Å². The number of halogens is 2. The van der Waals surface area contributed by atoms with Crippen molar-refractivity contribution in [3.05, 3.63) is 27.5 Å². The van der Waals surface area contributed by atoms with Gasteiger partial charge in [0.1, 0.15) is 5.15 Å². The fourth-order valence-electron chi connectivity index (χ4n) is 1.50. The average Bonchev–Trinajstić information content (AvgIpc) is 2.30. The molecule has 0 amide bonds. The van der Waals surface area contributed by atoms with Gasteiger partial charge in [-0.15, -0.1) is 0 Å². The molecule has 1 rings (SSSR count). The number of pyridine rings is 1. The molecule has 1 aromatic rings. The molecule has 100 valence electrons. The van der Waals surface area contributed by atoms with Crippen molar-refractivity contribution in [1.82, 2.24) is 9.88 Å². The first-order valence-corrected chi connectivity index (χ1v) is 6.26. The number of methoxy groups -OCH3 is 1. The Morgan fingerprint density at radius 3 is 2.72 bits per heavy atom. The molecule has 6 heteroatoms. The highest BCUT2D eigenvalue weighted by Gasteiger charge is 2.12. The summed E-state index contributed by atoms with van der Waals surface area (Å²) in [4.78, 5) is 17.1. The summed E-state index contributed by atoms with van der Waals surface area (Å²) in [6.45, 7) is 2.96. The maximum atomic E-state index is 11.0. The van der Waals surface area contributed by atoms with Crippen molar-refractivity contribution in [3.8, 4) is 0 Å². The molecule has 0 aliphatic carbocycles. The molecule has 0 saturated carbocycles. The molecule has 0 bridgehead atoms. The first kappa shape index (κ1) is 15.2. The Morgan fingerprint density at radius 1 is 1.50 bits per heavy atom. The van der Waals surface area contributed by atoms with Crippen molar-refractivity contribution in [2.45, 2.75) is 19.9 Å². The maximum Gasteiger partial charge on any atom is 0.306 e. The molecule has 0 radical (unpaired) electrons. The molecule has 1 aromatic heterocycles. The summed E-state index contributed by atoms with van der Waals surface area (Å²) in [6, 6.07) is 1.77. The van der Waals surface area contributed by atoms with Crippen molar-refractivity contribution < 1.29 is 9.53 Å². The van der Waals surface area contributed by atoms with Crippen LogP contribution in [0.25, 0.3) is 0 Å². The molecule has 18 heavy (non-hydrogen) atoms. The zero-order valence-corrected chi connectivity index (χ0v) is 12.2. The molecule has 0 saturated heterocycles. The number of aromatic nitrogens is 1. The minimum absolute atomic E-state index is 0.235. The molecular formula is C12H16Cl2N2O2. The Morgan fingerprint density at radius 2 is 2.17 bits per heavy atom. The van der Waals surface area contributed by atoms with Crippen LogP contribution in [0.15, 0.2) is 6.07 Å². The Labute approximate surface area is 117 Å². The van der Waals surface area contributed by atoms with Gasteiger partial charge >= 0.3 is 5.97 Å². The first-order chi connectivity index (χ1) is 8.43. The van der Waals surface area contributed by atoms with E-state index in [2.05, 4.69) is 9.72 Å².